The van der Waals surface area contributed by atoms with Crippen LogP contribution in [-0.4, -0.2) is 46.1 Å². The number of phenols is 1. The van der Waals surface area contributed by atoms with Crippen molar-refractivity contribution < 1.29 is 24.2 Å². The maximum Gasteiger partial charge on any atom is 0.408 e. The van der Waals surface area contributed by atoms with E-state index in [9.17, 15) is 19.5 Å². The van der Waals surface area contributed by atoms with Gasteiger partial charge in [-0.3, -0.25) is 9.59 Å². The van der Waals surface area contributed by atoms with Crippen molar-refractivity contribution in [1.82, 2.24) is 15.5 Å². The van der Waals surface area contributed by atoms with Crippen molar-refractivity contribution in [1.29, 1.82) is 0 Å². The number of hydrogen-bond donors (Lipinski definition) is 3. The molecule has 0 aromatic heterocycles. The summed E-state index contributed by atoms with van der Waals surface area (Å²) < 4.78 is 5.24. The molecule has 0 heterocycles. The first-order chi connectivity index (χ1) is 15.5. The minimum Gasteiger partial charge on any atom is -0.508 e. The molecule has 0 aliphatic rings. The molecule has 3 N–H and O–H groups in total. The molecule has 0 fully saturated rings. The topological polar surface area (TPSA) is 108 Å². The molecule has 0 aliphatic heterocycles. The number of hydrogen-bond acceptors (Lipinski definition) is 5. The van der Waals surface area contributed by atoms with Crippen LogP contribution in [0.2, 0.25) is 0 Å². The SMILES string of the molecule is CCN(C(=O)C(C)NC(=O)OC(C)(C)C)C(C(=O)NCc1ccccc1)c1ccc(O)cc1. The summed E-state index contributed by atoms with van der Waals surface area (Å²) in [4.78, 5) is 40.1. The average Bonchev–Trinajstić information content (AvgIpc) is 2.75. The fraction of sp³-hybridized carbons (Fsp3) is 0.400. The van der Waals surface area contributed by atoms with Gasteiger partial charge < -0.3 is 25.4 Å². The molecule has 2 rings (SSSR count). The zero-order valence-electron chi connectivity index (χ0n) is 19.8. The normalized spacial score (nSPS) is 12.9. The lowest BCUT2D eigenvalue weighted by Crippen LogP contribution is -2.51. The zero-order valence-corrected chi connectivity index (χ0v) is 19.8. The van der Waals surface area contributed by atoms with E-state index < -0.39 is 29.7 Å². The third kappa shape index (κ3) is 7.82. The van der Waals surface area contributed by atoms with E-state index in [4.69, 9.17) is 4.74 Å². The number of carbonyl (C=O) groups excluding carboxylic acids is 3. The Hall–Kier alpha value is -3.55. The van der Waals surface area contributed by atoms with Crippen LogP contribution in [0.1, 0.15) is 51.8 Å². The van der Waals surface area contributed by atoms with Gasteiger partial charge in [0.05, 0.1) is 0 Å². The number of carbonyl (C=O) groups is 3. The standard InChI is InChI=1S/C25H33N3O5/c1-6-28(23(31)17(2)27-24(32)33-25(3,4)5)21(19-12-14-20(29)15-13-19)22(30)26-16-18-10-8-7-9-11-18/h7-15,17,21,29H,6,16H2,1-5H3,(H,26,30)(H,27,32). The number of phenolic OH excluding ortho intramolecular Hbond substituents is 1. The number of nitrogens with one attached hydrogen (secondary N) is 2. The van der Waals surface area contributed by atoms with Gasteiger partial charge in [0.1, 0.15) is 23.4 Å². The van der Waals surface area contributed by atoms with E-state index >= 15 is 0 Å². The van der Waals surface area contributed by atoms with Crippen LogP contribution in [0.15, 0.2) is 54.6 Å². The largest absolute Gasteiger partial charge is 0.508 e. The Balaban J connectivity index is 2.24. The van der Waals surface area contributed by atoms with E-state index in [1.54, 1.807) is 46.8 Å². The van der Waals surface area contributed by atoms with Gasteiger partial charge in [-0.25, -0.2) is 4.79 Å². The molecule has 8 nitrogen and oxygen atoms in total. The second kappa shape index (κ2) is 11.4. The first kappa shape index (κ1) is 25.7. The van der Waals surface area contributed by atoms with Gasteiger partial charge >= 0.3 is 6.09 Å². The third-order valence-corrected chi connectivity index (χ3v) is 4.81. The van der Waals surface area contributed by atoms with Gasteiger partial charge in [0.25, 0.3) is 0 Å². The highest BCUT2D eigenvalue weighted by Crippen LogP contribution is 2.24. The molecular weight excluding hydrogens is 422 g/mol. The van der Waals surface area contributed by atoms with E-state index in [1.165, 1.54) is 17.0 Å². The first-order valence-electron chi connectivity index (χ1n) is 10.9. The van der Waals surface area contributed by atoms with E-state index in [1.807, 2.05) is 30.3 Å². The predicted octanol–water partition coefficient (Wildman–Crippen LogP) is 3.51. The molecule has 0 spiro atoms. The lowest BCUT2D eigenvalue weighted by Gasteiger charge is -2.32. The summed E-state index contributed by atoms with van der Waals surface area (Å²) in [6.07, 6.45) is -0.714. The summed E-state index contributed by atoms with van der Waals surface area (Å²) in [7, 11) is 0. The van der Waals surface area contributed by atoms with Crippen LogP contribution in [0.25, 0.3) is 0 Å². The quantitative estimate of drug-likeness (QED) is 0.565. The minimum atomic E-state index is -0.949. The van der Waals surface area contributed by atoms with Crippen LogP contribution in [0, 0.1) is 0 Å². The number of amides is 3. The Bertz CT molecular complexity index is 939. The molecule has 2 unspecified atom stereocenters. The highest BCUT2D eigenvalue weighted by Gasteiger charge is 2.33. The predicted molar refractivity (Wildman–Crippen MR) is 125 cm³/mol. The number of benzene rings is 2. The molecule has 2 aromatic carbocycles. The van der Waals surface area contributed by atoms with Crippen molar-refractivity contribution >= 4 is 17.9 Å². The smallest absolute Gasteiger partial charge is 0.408 e. The second-order valence-electron chi connectivity index (χ2n) is 8.69. The number of likely N-dealkylation sites (N-methyl/N-ethyl adjacent to an activating group) is 1. The first-order valence-corrected chi connectivity index (χ1v) is 10.9. The van der Waals surface area contributed by atoms with Gasteiger partial charge in [0.2, 0.25) is 11.8 Å². The van der Waals surface area contributed by atoms with E-state index in [0.717, 1.165) is 5.56 Å². The highest BCUT2D eigenvalue weighted by molar-refractivity contribution is 5.92. The van der Waals surface area contributed by atoms with Crippen molar-refractivity contribution in [3.63, 3.8) is 0 Å². The number of ether oxygens (including phenoxy) is 1. The summed E-state index contributed by atoms with van der Waals surface area (Å²) in [5.41, 5.74) is 0.756. The lowest BCUT2D eigenvalue weighted by molar-refractivity contribution is -0.142. The van der Waals surface area contributed by atoms with Gasteiger partial charge in [-0.2, -0.15) is 0 Å². The molecule has 0 radical (unpaired) electrons. The molecular formula is C25H33N3O5. The van der Waals surface area contributed by atoms with Gasteiger partial charge in [-0.1, -0.05) is 42.5 Å². The summed E-state index contributed by atoms with van der Waals surface area (Å²) in [6.45, 7) is 9.02. The minimum absolute atomic E-state index is 0.0523. The summed E-state index contributed by atoms with van der Waals surface area (Å²) >= 11 is 0. The van der Waals surface area contributed by atoms with E-state index in [-0.39, 0.29) is 18.2 Å². The van der Waals surface area contributed by atoms with Gasteiger partial charge in [0, 0.05) is 13.1 Å². The molecule has 0 saturated carbocycles. The van der Waals surface area contributed by atoms with Crippen molar-refractivity contribution in [2.45, 2.75) is 58.8 Å². The van der Waals surface area contributed by atoms with Gasteiger partial charge in [-0.15, -0.1) is 0 Å². The molecule has 2 atom stereocenters. The van der Waals surface area contributed by atoms with Crippen LogP contribution in [0.5, 0.6) is 5.75 Å². The van der Waals surface area contributed by atoms with Crippen LogP contribution >= 0.6 is 0 Å². The fourth-order valence-corrected chi connectivity index (χ4v) is 3.27. The van der Waals surface area contributed by atoms with E-state index in [0.29, 0.717) is 12.1 Å². The van der Waals surface area contributed by atoms with Crippen LogP contribution in [-0.2, 0) is 20.9 Å². The number of alkyl carbamates (subject to hydrolysis) is 1. The molecule has 33 heavy (non-hydrogen) atoms. The Kier molecular flexibility index (Phi) is 8.85. The Morgan fingerprint density at radius 3 is 2.18 bits per heavy atom. The second-order valence-corrected chi connectivity index (χ2v) is 8.69. The van der Waals surface area contributed by atoms with Gasteiger partial charge in [0.15, 0.2) is 0 Å². The Labute approximate surface area is 194 Å². The summed E-state index contributed by atoms with van der Waals surface area (Å²) in [5, 5.41) is 15.1. The molecule has 0 saturated heterocycles. The Morgan fingerprint density at radius 2 is 1.64 bits per heavy atom. The van der Waals surface area contributed by atoms with E-state index in [2.05, 4.69) is 10.6 Å². The van der Waals surface area contributed by atoms with Crippen LogP contribution in [0.4, 0.5) is 4.79 Å². The monoisotopic (exact) mass is 455 g/mol. The fourth-order valence-electron chi connectivity index (χ4n) is 3.27. The van der Waals surface area contributed by atoms with Crippen molar-refractivity contribution in [2.24, 2.45) is 0 Å². The zero-order chi connectivity index (χ0) is 24.6. The Morgan fingerprint density at radius 1 is 1.03 bits per heavy atom. The third-order valence-electron chi connectivity index (χ3n) is 4.81. The average molecular weight is 456 g/mol. The maximum atomic E-state index is 13.3. The number of rotatable bonds is 8. The van der Waals surface area contributed by atoms with Crippen LogP contribution < -0.4 is 10.6 Å². The van der Waals surface area contributed by atoms with Crippen LogP contribution in [0.3, 0.4) is 0 Å². The molecule has 3 amide bonds. The highest BCUT2D eigenvalue weighted by atomic mass is 16.6. The van der Waals surface area contributed by atoms with Gasteiger partial charge in [-0.05, 0) is 57.9 Å². The molecule has 178 valence electrons. The number of nitrogens with zero attached hydrogens (tertiary/aromatic N) is 1. The maximum absolute atomic E-state index is 13.3. The lowest BCUT2D eigenvalue weighted by atomic mass is 10.0. The number of aromatic hydroxyl groups is 1. The molecule has 0 bridgehead atoms. The molecule has 8 heteroatoms. The van der Waals surface area contributed by atoms with Crippen molar-refractivity contribution in [2.75, 3.05) is 6.54 Å². The summed E-state index contributed by atoms with van der Waals surface area (Å²) in [5.74, 6) is -0.753. The molecule has 2 aromatic rings. The molecule has 0 aliphatic carbocycles. The van der Waals surface area contributed by atoms with Crippen molar-refractivity contribution in [3.05, 3.63) is 65.7 Å². The summed E-state index contributed by atoms with van der Waals surface area (Å²) in [6, 6.07) is 13.7. The van der Waals surface area contributed by atoms with Crippen molar-refractivity contribution in [3.8, 4) is 5.75 Å².